The Morgan fingerprint density at radius 3 is 2.73 bits per heavy atom. The van der Waals surface area contributed by atoms with Crippen LogP contribution in [-0.4, -0.2) is 31.1 Å². The Bertz CT molecular complexity index is 578. The van der Waals surface area contributed by atoms with Crippen LogP contribution in [0.15, 0.2) is 22.7 Å². The first-order valence-corrected chi connectivity index (χ1v) is 8.58. The molecule has 0 bridgehead atoms. The number of fused-ring (bicyclic) bond motifs is 1. The molecule has 1 saturated carbocycles. The molecule has 1 heterocycles. The third-order valence-corrected chi connectivity index (χ3v) is 5.07. The number of hydrogen-bond donors (Lipinski definition) is 2. The van der Waals surface area contributed by atoms with Crippen molar-refractivity contribution in [3.8, 4) is 5.75 Å². The van der Waals surface area contributed by atoms with Gasteiger partial charge >= 0.3 is 0 Å². The van der Waals surface area contributed by atoms with Gasteiger partial charge in [-0.25, -0.2) is 0 Å². The molecule has 2 aliphatic rings. The number of carbonyl (C=O) groups excluding carboxylic acids is 1. The first-order chi connectivity index (χ1) is 10.4. The molecule has 2 N–H and O–H groups in total. The topological polar surface area (TPSA) is 50.4 Å². The Hall–Kier alpha value is -1.07. The molecule has 120 valence electrons. The van der Waals surface area contributed by atoms with Crippen LogP contribution in [0.25, 0.3) is 0 Å². The third kappa shape index (κ3) is 3.30. The molecule has 1 aromatic rings. The van der Waals surface area contributed by atoms with Crippen molar-refractivity contribution in [2.75, 3.05) is 19.7 Å². The van der Waals surface area contributed by atoms with Crippen LogP contribution < -0.4 is 15.4 Å². The maximum atomic E-state index is 12.4. The van der Waals surface area contributed by atoms with Crippen molar-refractivity contribution in [1.82, 2.24) is 10.6 Å². The molecule has 2 fully saturated rings. The van der Waals surface area contributed by atoms with Crippen LogP contribution in [0, 0.1) is 24.7 Å². The fraction of sp³-hybridized carbons (Fsp3) is 0.588. The molecule has 1 aliphatic carbocycles. The number of amides is 1. The van der Waals surface area contributed by atoms with Gasteiger partial charge in [0.15, 0.2) is 0 Å². The van der Waals surface area contributed by atoms with E-state index in [9.17, 15) is 4.79 Å². The van der Waals surface area contributed by atoms with Crippen LogP contribution in [0.4, 0.5) is 0 Å². The molecular formula is C17H23BrN2O2. The lowest BCUT2D eigenvalue weighted by atomic mass is 10.1. The summed E-state index contributed by atoms with van der Waals surface area (Å²) in [6, 6.07) is 5.94. The summed E-state index contributed by atoms with van der Waals surface area (Å²) in [5, 5.41) is 6.47. The van der Waals surface area contributed by atoms with Crippen molar-refractivity contribution >= 4 is 21.8 Å². The highest BCUT2D eigenvalue weighted by atomic mass is 79.9. The van der Waals surface area contributed by atoms with E-state index >= 15 is 0 Å². The summed E-state index contributed by atoms with van der Waals surface area (Å²) in [5.74, 6) is 2.33. The van der Waals surface area contributed by atoms with Crippen molar-refractivity contribution in [2.45, 2.75) is 26.3 Å². The lowest BCUT2D eigenvalue weighted by Crippen LogP contribution is -2.49. The number of carbonyl (C=O) groups is 1. The monoisotopic (exact) mass is 366 g/mol. The van der Waals surface area contributed by atoms with E-state index in [4.69, 9.17) is 4.74 Å². The first-order valence-electron chi connectivity index (χ1n) is 7.79. The smallest absolute Gasteiger partial charge is 0.224 e. The van der Waals surface area contributed by atoms with Gasteiger partial charge in [-0.2, -0.15) is 0 Å². The Morgan fingerprint density at radius 2 is 2.09 bits per heavy atom. The maximum Gasteiger partial charge on any atom is 0.224 e. The molecular weight excluding hydrogens is 344 g/mol. The molecule has 1 aliphatic heterocycles. The summed E-state index contributed by atoms with van der Waals surface area (Å²) < 4.78 is 6.94. The van der Waals surface area contributed by atoms with Crippen molar-refractivity contribution in [3.05, 3.63) is 28.2 Å². The number of nitrogens with one attached hydrogen (secondary N) is 2. The first kappa shape index (κ1) is 15.8. The predicted octanol–water partition coefficient (Wildman–Crippen LogP) is 2.50. The summed E-state index contributed by atoms with van der Waals surface area (Å²) in [7, 11) is 0. The van der Waals surface area contributed by atoms with E-state index in [2.05, 4.69) is 26.6 Å². The molecule has 5 heteroatoms. The maximum absolute atomic E-state index is 12.4. The normalized spacial score (nSPS) is 26.5. The molecule has 0 radical (unpaired) electrons. The number of rotatable bonds is 5. The summed E-state index contributed by atoms with van der Waals surface area (Å²) >= 11 is 3.45. The fourth-order valence-corrected chi connectivity index (χ4v) is 3.77. The molecule has 22 heavy (non-hydrogen) atoms. The minimum absolute atomic E-state index is 0.178. The summed E-state index contributed by atoms with van der Waals surface area (Å²) in [5.41, 5.74) is 0.709. The van der Waals surface area contributed by atoms with Crippen molar-refractivity contribution < 1.29 is 9.53 Å². The predicted molar refractivity (Wildman–Crippen MR) is 89.9 cm³/mol. The number of aryl methyl sites for hydroxylation is 1. The van der Waals surface area contributed by atoms with E-state index in [-0.39, 0.29) is 17.4 Å². The summed E-state index contributed by atoms with van der Waals surface area (Å²) in [4.78, 5) is 12.4. The van der Waals surface area contributed by atoms with Crippen LogP contribution in [0.5, 0.6) is 5.75 Å². The molecule has 0 spiro atoms. The van der Waals surface area contributed by atoms with E-state index in [1.54, 1.807) is 0 Å². The molecule has 1 aromatic carbocycles. The van der Waals surface area contributed by atoms with Crippen LogP contribution in [-0.2, 0) is 4.79 Å². The van der Waals surface area contributed by atoms with Crippen molar-refractivity contribution in [1.29, 1.82) is 0 Å². The Kier molecular flexibility index (Phi) is 4.21. The van der Waals surface area contributed by atoms with Crippen molar-refractivity contribution in [2.24, 2.45) is 17.8 Å². The Morgan fingerprint density at radius 1 is 1.41 bits per heavy atom. The second-order valence-corrected chi connectivity index (χ2v) is 8.00. The van der Waals surface area contributed by atoms with E-state index in [1.165, 1.54) is 0 Å². The molecule has 0 unspecified atom stereocenters. The summed E-state index contributed by atoms with van der Waals surface area (Å²) in [6.07, 6.45) is 0. The number of halogens is 1. The molecule has 4 nitrogen and oxygen atoms in total. The molecule has 3 atom stereocenters. The van der Waals surface area contributed by atoms with Gasteiger partial charge in [0.1, 0.15) is 12.4 Å². The van der Waals surface area contributed by atoms with Gasteiger partial charge in [-0.1, -0.05) is 15.9 Å². The number of hydrogen-bond acceptors (Lipinski definition) is 3. The zero-order valence-electron chi connectivity index (χ0n) is 13.3. The Balaban J connectivity index is 1.53. The van der Waals surface area contributed by atoms with Gasteiger partial charge < -0.3 is 15.4 Å². The highest BCUT2D eigenvalue weighted by molar-refractivity contribution is 9.10. The van der Waals surface area contributed by atoms with E-state index in [1.807, 2.05) is 39.0 Å². The number of ether oxygens (including phenoxy) is 1. The van der Waals surface area contributed by atoms with E-state index < -0.39 is 0 Å². The van der Waals surface area contributed by atoms with Crippen LogP contribution in [0.1, 0.15) is 19.4 Å². The third-order valence-electron chi connectivity index (χ3n) is 4.58. The minimum atomic E-state index is -0.374. The highest BCUT2D eigenvalue weighted by Gasteiger charge is 2.57. The van der Waals surface area contributed by atoms with Gasteiger partial charge in [0.05, 0.1) is 5.54 Å². The van der Waals surface area contributed by atoms with E-state index in [0.717, 1.165) is 28.9 Å². The standard InChI is InChI=1S/C17H23BrN2O2/c1-10-6-11(18)4-5-14(10)22-9-17(2,3)20-16(21)15-12-7-19-8-13(12)15/h4-6,12-13,15,19H,7-9H2,1-3H3,(H,20,21)/t12-,13+,15+. The van der Waals surface area contributed by atoms with Crippen LogP contribution >= 0.6 is 15.9 Å². The SMILES string of the molecule is Cc1cc(Br)ccc1OCC(C)(C)NC(=O)[C@H]1[C@@H]2CNC[C@@H]21. The van der Waals surface area contributed by atoms with Gasteiger partial charge in [0.2, 0.25) is 5.91 Å². The Labute approximate surface area is 140 Å². The van der Waals surface area contributed by atoms with Crippen molar-refractivity contribution in [3.63, 3.8) is 0 Å². The second kappa shape index (κ2) is 5.85. The van der Waals surface area contributed by atoms with Gasteiger partial charge in [0, 0.05) is 10.4 Å². The average molecular weight is 367 g/mol. The highest BCUT2D eigenvalue weighted by Crippen LogP contribution is 2.48. The van der Waals surface area contributed by atoms with Gasteiger partial charge in [-0.3, -0.25) is 4.79 Å². The lowest BCUT2D eigenvalue weighted by molar-refractivity contribution is -0.125. The van der Waals surface area contributed by atoms with Gasteiger partial charge in [0.25, 0.3) is 0 Å². The van der Waals surface area contributed by atoms with E-state index in [0.29, 0.717) is 18.4 Å². The second-order valence-electron chi connectivity index (χ2n) is 7.08. The quantitative estimate of drug-likeness (QED) is 0.841. The van der Waals surface area contributed by atoms with Crippen LogP contribution in [0.3, 0.4) is 0 Å². The fourth-order valence-electron chi connectivity index (χ4n) is 3.29. The largest absolute Gasteiger partial charge is 0.491 e. The van der Waals surface area contributed by atoms with Gasteiger partial charge in [-0.15, -0.1) is 0 Å². The minimum Gasteiger partial charge on any atom is -0.491 e. The zero-order valence-corrected chi connectivity index (χ0v) is 14.9. The molecule has 0 aromatic heterocycles. The zero-order chi connectivity index (χ0) is 15.9. The van der Waals surface area contributed by atoms with Crippen LogP contribution in [0.2, 0.25) is 0 Å². The molecule has 1 amide bonds. The summed E-state index contributed by atoms with van der Waals surface area (Å²) in [6.45, 7) is 8.46. The number of piperidine rings is 1. The molecule has 3 rings (SSSR count). The lowest BCUT2D eigenvalue weighted by Gasteiger charge is -2.27. The number of benzene rings is 1. The molecule has 1 saturated heterocycles. The van der Waals surface area contributed by atoms with Gasteiger partial charge in [-0.05, 0) is 69.5 Å². The average Bonchev–Trinajstić information content (AvgIpc) is 2.91.